The molecule has 1 amide bonds. The lowest BCUT2D eigenvalue weighted by Crippen LogP contribution is -2.38. The number of nitrogens with one attached hydrogen (secondary N) is 2. The predicted octanol–water partition coefficient (Wildman–Crippen LogP) is 4.85. The van der Waals surface area contributed by atoms with Crippen LogP contribution in [0.2, 0.25) is 5.02 Å². The number of anilines is 3. The molecule has 0 spiro atoms. The molecule has 1 aromatic heterocycles. The zero-order chi connectivity index (χ0) is 31.9. The van der Waals surface area contributed by atoms with Gasteiger partial charge < -0.3 is 30.0 Å². The fraction of sp³-hybridized carbons (Fsp3) is 0.419. The summed E-state index contributed by atoms with van der Waals surface area (Å²) < 4.78 is 30.7. The van der Waals surface area contributed by atoms with Gasteiger partial charge in [0.15, 0.2) is 0 Å². The summed E-state index contributed by atoms with van der Waals surface area (Å²) in [6.45, 7) is 8.34. The van der Waals surface area contributed by atoms with Gasteiger partial charge in [0.1, 0.15) is 35.4 Å². The molecule has 44 heavy (non-hydrogen) atoms. The van der Waals surface area contributed by atoms with Gasteiger partial charge in [-0.1, -0.05) is 17.7 Å². The Hall–Kier alpha value is -3.84. The van der Waals surface area contributed by atoms with Crippen molar-refractivity contribution in [3.63, 3.8) is 0 Å². The van der Waals surface area contributed by atoms with Gasteiger partial charge in [-0.25, -0.2) is 14.4 Å². The largest absolute Gasteiger partial charge is 0.486 e. The number of nitrogens with zero attached hydrogens (tertiary/aromatic N) is 3. The lowest BCUT2D eigenvalue weighted by Gasteiger charge is -2.25. The maximum absolute atomic E-state index is 13.7. The molecule has 0 saturated carbocycles. The number of aliphatic hydroxyl groups is 1. The Morgan fingerprint density at radius 1 is 1.27 bits per heavy atom. The van der Waals surface area contributed by atoms with Gasteiger partial charge in [-0.05, 0) is 52.0 Å². The highest BCUT2D eigenvalue weighted by Crippen LogP contribution is 2.35. The highest BCUT2D eigenvalue weighted by molar-refractivity contribution is 6.31. The van der Waals surface area contributed by atoms with Crippen molar-refractivity contribution >= 4 is 51.6 Å². The number of aromatic nitrogens is 2. The molecular formula is C31H37ClFN5O6. The highest BCUT2D eigenvalue weighted by atomic mass is 35.5. The van der Waals surface area contributed by atoms with Crippen molar-refractivity contribution in [2.24, 2.45) is 0 Å². The van der Waals surface area contributed by atoms with Gasteiger partial charge in [0.05, 0.1) is 42.1 Å². The lowest BCUT2D eigenvalue weighted by molar-refractivity contribution is -0.156. The Morgan fingerprint density at radius 3 is 2.75 bits per heavy atom. The molecule has 2 aromatic carbocycles. The molecule has 11 nitrogen and oxygen atoms in total. The monoisotopic (exact) mass is 629 g/mol. The van der Waals surface area contributed by atoms with E-state index in [1.807, 2.05) is 0 Å². The molecule has 0 unspecified atom stereocenters. The summed E-state index contributed by atoms with van der Waals surface area (Å²) in [6, 6.07) is 7.63. The molecule has 0 radical (unpaired) electrons. The van der Waals surface area contributed by atoms with E-state index in [2.05, 4.69) is 20.6 Å². The van der Waals surface area contributed by atoms with E-state index in [9.17, 15) is 19.1 Å². The number of halogens is 2. The number of fused-ring (bicyclic) bond motifs is 1. The highest BCUT2D eigenvalue weighted by Gasteiger charge is 2.22. The Kier molecular flexibility index (Phi) is 11.1. The molecule has 13 heteroatoms. The molecule has 1 fully saturated rings. The van der Waals surface area contributed by atoms with Crippen LogP contribution in [0.1, 0.15) is 34.1 Å². The second-order valence-corrected chi connectivity index (χ2v) is 11.9. The maximum atomic E-state index is 13.7. The van der Waals surface area contributed by atoms with Crippen molar-refractivity contribution in [2.75, 3.05) is 43.5 Å². The summed E-state index contributed by atoms with van der Waals surface area (Å²) in [5.41, 5.74) is 0.805. The number of hydrogen-bond acceptors (Lipinski definition) is 10. The first-order chi connectivity index (χ1) is 20.9. The smallest absolute Gasteiger partial charge is 0.320 e. The van der Waals surface area contributed by atoms with E-state index in [0.717, 1.165) is 0 Å². The topological polar surface area (TPSA) is 135 Å². The molecule has 3 aromatic rings. The number of carbonyl (C=O) groups excluding carboxylic acids is 2. The summed E-state index contributed by atoms with van der Waals surface area (Å²) in [6.07, 6.45) is 4.15. The van der Waals surface area contributed by atoms with E-state index in [1.165, 1.54) is 30.6 Å². The Labute approximate surface area is 260 Å². The zero-order valence-corrected chi connectivity index (χ0v) is 25.9. The predicted molar refractivity (Wildman–Crippen MR) is 166 cm³/mol. The Morgan fingerprint density at radius 2 is 2.07 bits per heavy atom. The molecule has 1 aliphatic heterocycles. The molecule has 236 valence electrons. The van der Waals surface area contributed by atoms with Crippen LogP contribution in [-0.2, 0) is 19.1 Å². The van der Waals surface area contributed by atoms with Gasteiger partial charge in [-0.2, -0.15) is 0 Å². The van der Waals surface area contributed by atoms with E-state index >= 15 is 0 Å². The van der Waals surface area contributed by atoms with Crippen LogP contribution >= 0.6 is 11.6 Å². The first kappa shape index (κ1) is 33.1. The minimum absolute atomic E-state index is 0.0410. The van der Waals surface area contributed by atoms with Gasteiger partial charge in [-0.15, -0.1) is 0 Å². The van der Waals surface area contributed by atoms with Crippen LogP contribution in [-0.4, -0.2) is 82.5 Å². The minimum atomic E-state index is -0.688. The van der Waals surface area contributed by atoms with Crippen molar-refractivity contribution in [3.8, 4) is 5.75 Å². The van der Waals surface area contributed by atoms with Gasteiger partial charge in [0.25, 0.3) is 0 Å². The Bertz CT molecular complexity index is 1510. The maximum Gasteiger partial charge on any atom is 0.320 e. The van der Waals surface area contributed by atoms with Crippen molar-refractivity contribution in [3.05, 3.63) is 59.7 Å². The van der Waals surface area contributed by atoms with Crippen molar-refractivity contribution in [2.45, 2.75) is 51.9 Å². The second kappa shape index (κ2) is 14.8. The molecule has 4 rings (SSSR count). The number of hydrogen-bond donors (Lipinski definition) is 3. The van der Waals surface area contributed by atoms with Crippen LogP contribution in [0.25, 0.3) is 10.9 Å². The number of rotatable bonds is 12. The molecule has 2 heterocycles. The van der Waals surface area contributed by atoms with E-state index in [4.69, 9.17) is 25.8 Å². The quantitative estimate of drug-likeness (QED) is 0.188. The van der Waals surface area contributed by atoms with Crippen LogP contribution in [0, 0.1) is 5.82 Å². The standard InChI is InChI=1S/C31H37ClFN5O6/c1-19(39)15-38(16-29(41)44-31(2,3)4)10-5-6-28(40)37-26-13-22-25(14-27(26)43-21-9-11-42-17-21)34-18-35-30(22)36-20-7-8-24(33)23(32)12-20/h5-8,12-14,18-19,21,39H,9-11,15-17H2,1-4H3,(H,37,40)(H,34,35,36)/t19-,21-/m1/s1. The average molecular weight is 630 g/mol. The van der Waals surface area contributed by atoms with Crippen LogP contribution in [0.4, 0.5) is 21.6 Å². The van der Waals surface area contributed by atoms with E-state index < -0.39 is 29.4 Å². The minimum Gasteiger partial charge on any atom is -0.486 e. The average Bonchev–Trinajstić information content (AvgIpc) is 3.43. The number of aliphatic hydroxyl groups excluding tert-OH is 1. The Balaban J connectivity index is 1.55. The van der Waals surface area contributed by atoms with Gasteiger partial charge >= 0.3 is 5.97 Å². The molecule has 2 atom stereocenters. The fourth-order valence-electron chi connectivity index (χ4n) is 4.49. The molecular weight excluding hydrogens is 593 g/mol. The van der Waals surface area contributed by atoms with Crippen LogP contribution in [0.15, 0.2) is 48.8 Å². The lowest BCUT2D eigenvalue weighted by atomic mass is 10.1. The third-order valence-electron chi connectivity index (χ3n) is 6.29. The van der Waals surface area contributed by atoms with E-state index in [0.29, 0.717) is 53.5 Å². The third kappa shape index (κ3) is 9.84. The van der Waals surface area contributed by atoms with E-state index in [1.54, 1.807) is 50.8 Å². The number of benzene rings is 2. The van der Waals surface area contributed by atoms with Crippen molar-refractivity contribution in [1.29, 1.82) is 0 Å². The van der Waals surface area contributed by atoms with Crippen molar-refractivity contribution in [1.82, 2.24) is 14.9 Å². The van der Waals surface area contributed by atoms with Gasteiger partial charge in [0, 0.05) is 42.7 Å². The number of carbonyl (C=O) groups is 2. The van der Waals surface area contributed by atoms with E-state index in [-0.39, 0.29) is 30.8 Å². The van der Waals surface area contributed by atoms with Gasteiger partial charge in [0.2, 0.25) is 5.91 Å². The molecule has 0 bridgehead atoms. The fourth-order valence-corrected chi connectivity index (χ4v) is 4.67. The third-order valence-corrected chi connectivity index (χ3v) is 6.58. The number of esters is 1. The first-order valence-electron chi connectivity index (χ1n) is 14.2. The summed E-state index contributed by atoms with van der Waals surface area (Å²) in [5.74, 6) is -0.596. The normalized spacial score (nSPS) is 16.0. The second-order valence-electron chi connectivity index (χ2n) is 11.5. The molecule has 1 saturated heterocycles. The van der Waals surface area contributed by atoms with Gasteiger partial charge in [-0.3, -0.25) is 14.5 Å². The first-order valence-corrected chi connectivity index (χ1v) is 14.6. The summed E-state index contributed by atoms with van der Waals surface area (Å²) >= 11 is 5.95. The van der Waals surface area contributed by atoms with Crippen LogP contribution in [0.5, 0.6) is 5.75 Å². The number of ether oxygens (including phenoxy) is 3. The number of amides is 1. The SMILES string of the molecule is C[C@@H](O)CN(CC=CC(=O)Nc1cc2c(Nc3ccc(F)c(Cl)c3)ncnc2cc1O[C@@H]1CCOC1)CC(=O)OC(C)(C)C. The molecule has 0 aliphatic carbocycles. The van der Waals surface area contributed by atoms with Crippen molar-refractivity contribution < 1.29 is 33.3 Å². The molecule has 3 N–H and O–H groups in total. The summed E-state index contributed by atoms with van der Waals surface area (Å²) in [4.78, 5) is 35.8. The van der Waals surface area contributed by atoms with Crippen LogP contribution < -0.4 is 15.4 Å². The molecule has 1 aliphatic rings. The summed E-state index contributed by atoms with van der Waals surface area (Å²) in [5, 5.41) is 16.4. The zero-order valence-electron chi connectivity index (χ0n) is 25.1. The van der Waals surface area contributed by atoms with Crippen LogP contribution in [0.3, 0.4) is 0 Å². The summed E-state index contributed by atoms with van der Waals surface area (Å²) in [7, 11) is 0.